The van der Waals surface area contributed by atoms with E-state index < -0.39 is 24.0 Å². The first kappa shape index (κ1) is 45.4. The summed E-state index contributed by atoms with van der Waals surface area (Å²) in [5, 5.41) is 20.5. The Hall–Kier alpha value is -3.61. The summed E-state index contributed by atoms with van der Waals surface area (Å²) >= 11 is 5.86. The number of ether oxygens (including phenoxy) is 4. The SMILES string of the molecule is BC(=O)[C@@H](N)CCCCNC(=O)COCCOCCNC(=O)COCCOCCNC(=O)CC[C@H](NC(=O)CCCc1ccc(Cl)cc1)C(=O)O. The zero-order valence-electron chi connectivity index (χ0n) is 29.4. The lowest BCUT2D eigenvalue weighted by Crippen LogP contribution is -2.41. The van der Waals surface area contributed by atoms with Crippen LogP contribution >= 0.6 is 11.6 Å². The summed E-state index contributed by atoms with van der Waals surface area (Å²) in [6, 6.07) is 5.66. The molecule has 0 fully saturated rings. The number of amides is 4. The molecule has 1 rings (SSSR count). The third kappa shape index (κ3) is 25.9. The van der Waals surface area contributed by atoms with Crippen molar-refractivity contribution in [3.63, 3.8) is 0 Å². The van der Waals surface area contributed by atoms with Gasteiger partial charge in [-0.25, -0.2) is 4.79 Å². The predicted molar refractivity (Wildman–Crippen MR) is 191 cm³/mol. The van der Waals surface area contributed by atoms with E-state index in [2.05, 4.69) is 21.3 Å². The summed E-state index contributed by atoms with van der Waals surface area (Å²) in [7, 11) is 1.46. The van der Waals surface area contributed by atoms with E-state index in [-0.39, 0.29) is 109 Å². The highest BCUT2D eigenvalue weighted by Gasteiger charge is 2.21. The quantitative estimate of drug-likeness (QED) is 0.0401. The summed E-state index contributed by atoms with van der Waals surface area (Å²) in [6.07, 6.45) is 3.28. The molecule has 286 valence electrons. The second-order valence-corrected chi connectivity index (χ2v) is 12.0. The molecule has 0 saturated carbocycles. The number of carbonyl (C=O) groups excluding carboxylic acids is 5. The molecule has 0 aliphatic rings. The van der Waals surface area contributed by atoms with Gasteiger partial charge in [-0.2, -0.15) is 0 Å². The average Bonchev–Trinajstić information content (AvgIpc) is 3.09. The third-order valence-corrected chi connectivity index (χ3v) is 7.46. The van der Waals surface area contributed by atoms with Gasteiger partial charge in [-0.1, -0.05) is 23.7 Å². The highest BCUT2D eigenvalue weighted by Crippen LogP contribution is 2.12. The third-order valence-electron chi connectivity index (χ3n) is 7.21. The normalized spacial score (nSPS) is 12.0. The first-order valence-electron chi connectivity index (χ1n) is 17.1. The molecule has 7 N–H and O–H groups in total. The van der Waals surface area contributed by atoms with Gasteiger partial charge in [0.15, 0.2) is 7.85 Å². The number of nitrogens with two attached hydrogens (primary N) is 1. The predicted octanol–water partition coefficient (Wildman–Crippen LogP) is -0.915. The maximum absolute atomic E-state index is 12.2. The number of nitrogens with one attached hydrogen (secondary N) is 4. The Labute approximate surface area is 304 Å². The second-order valence-electron chi connectivity index (χ2n) is 11.6. The van der Waals surface area contributed by atoms with Crippen LogP contribution in [0.15, 0.2) is 24.3 Å². The van der Waals surface area contributed by atoms with Gasteiger partial charge in [0.2, 0.25) is 23.6 Å². The lowest BCUT2D eigenvalue weighted by Gasteiger charge is -2.14. The topological polar surface area (TPSA) is 234 Å². The number of aliphatic carboxylic acids is 1. The van der Waals surface area contributed by atoms with Gasteiger partial charge < -0.3 is 55.8 Å². The Morgan fingerprint density at radius 3 is 1.80 bits per heavy atom. The van der Waals surface area contributed by atoms with E-state index in [1.165, 1.54) is 7.85 Å². The summed E-state index contributed by atoms with van der Waals surface area (Å²) < 4.78 is 21.2. The largest absolute Gasteiger partial charge is 0.480 e. The summed E-state index contributed by atoms with van der Waals surface area (Å²) in [5.41, 5.74) is 6.64. The van der Waals surface area contributed by atoms with E-state index in [0.717, 1.165) is 18.4 Å². The minimum absolute atomic E-state index is 0.0444. The molecule has 0 aliphatic heterocycles. The van der Waals surface area contributed by atoms with Gasteiger partial charge in [0, 0.05) is 37.5 Å². The first-order valence-corrected chi connectivity index (χ1v) is 17.5. The molecule has 0 heterocycles. The molecule has 51 heavy (non-hydrogen) atoms. The molecule has 4 amide bonds. The van der Waals surface area contributed by atoms with E-state index in [9.17, 15) is 33.9 Å². The van der Waals surface area contributed by atoms with Crippen molar-refractivity contribution in [1.29, 1.82) is 0 Å². The van der Waals surface area contributed by atoms with Gasteiger partial charge in [0.25, 0.3) is 0 Å². The number of carbonyl (C=O) groups is 6. The molecule has 0 radical (unpaired) electrons. The second kappa shape index (κ2) is 29.0. The molecule has 0 aliphatic carbocycles. The molecule has 2 atom stereocenters. The fraction of sp³-hybridized carbons (Fsp3) is 0.636. The summed E-state index contributed by atoms with van der Waals surface area (Å²) in [4.78, 5) is 70.5. The fourth-order valence-corrected chi connectivity index (χ4v) is 4.44. The smallest absolute Gasteiger partial charge is 0.326 e. The molecule has 16 nitrogen and oxygen atoms in total. The van der Waals surface area contributed by atoms with Crippen LogP contribution in [0.25, 0.3) is 0 Å². The van der Waals surface area contributed by atoms with Crippen LogP contribution in [-0.4, -0.2) is 133 Å². The van der Waals surface area contributed by atoms with Gasteiger partial charge in [-0.05, 0) is 56.2 Å². The lowest BCUT2D eigenvalue weighted by atomic mass is 9.92. The molecule has 0 bridgehead atoms. The molecular weight excluding hydrogens is 689 g/mol. The Balaban J connectivity index is 1.94. The number of unbranched alkanes of at least 4 members (excludes halogenated alkanes) is 1. The molecular formula is C33H53BClN5O11. The van der Waals surface area contributed by atoms with Crippen molar-refractivity contribution in [2.24, 2.45) is 5.73 Å². The van der Waals surface area contributed by atoms with Gasteiger partial charge in [0.1, 0.15) is 19.3 Å². The van der Waals surface area contributed by atoms with E-state index in [1.54, 1.807) is 12.1 Å². The number of carboxylic acids is 1. The van der Waals surface area contributed by atoms with Crippen molar-refractivity contribution in [3.8, 4) is 0 Å². The van der Waals surface area contributed by atoms with Crippen LogP contribution in [0.4, 0.5) is 0 Å². The molecule has 1 aromatic carbocycles. The standard InChI is InChI=1S/C33H53BClN5O11/c34-32(45)26(36)5-1-2-13-37-30(43)22-50-20-19-49-17-15-39-31(44)23-51-21-18-48-16-14-38-28(41)12-11-27(33(46)47)40-29(42)6-3-4-24-7-9-25(35)10-8-24/h7-10,26-27H,1-6,11-23,34,36H2,(H,37,43)(H,38,41)(H,39,44)(H,40,42)(H,46,47)/t26-,27-/m0/s1. The average molecular weight is 742 g/mol. The van der Waals surface area contributed by atoms with Gasteiger partial charge in [0.05, 0.1) is 51.4 Å². The number of halogens is 1. The van der Waals surface area contributed by atoms with Crippen LogP contribution in [0.1, 0.15) is 50.5 Å². The van der Waals surface area contributed by atoms with Gasteiger partial charge >= 0.3 is 5.97 Å². The fourth-order valence-electron chi connectivity index (χ4n) is 4.31. The molecule has 0 saturated heterocycles. The number of hydrogen-bond donors (Lipinski definition) is 6. The molecule has 18 heteroatoms. The number of rotatable bonds is 31. The molecule has 0 spiro atoms. The molecule has 0 aromatic heterocycles. The van der Waals surface area contributed by atoms with Crippen LogP contribution in [0.5, 0.6) is 0 Å². The van der Waals surface area contributed by atoms with Crippen molar-refractivity contribution in [2.75, 3.05) is 72.5 Å². The van der Waals surface area contributed by atoms with Crippen molar-refractivity contribution in [2.45, 2.75) is 63.5 Å². The van der Waals surface area contributed by atoms with Crippen molar-refractivity contribution in [3.05, 3.63) is 34.9 Å². The van der Waals surface area contributed by atoms with E-state index >= 15 is 0 Å². The Bertz CT molecular complexity index is 1200. The van der Waals surface area contributed by atoms with Crippen LogP contribution in [-0.2, 0) is 54.1 Å². The summed E-state index contributed by atoms with van der Waals surface area (Å²) in [6.45, 7) is 2.01. The zero-order valence-corrected chi connectivity index (χ0v) is 30.1. The molecule has 1 aromatic rings. The highest BCUT2D eigenvalue weighted by molar-refractivity contribution is 6.59. The highest BCUT2D eigenvalue weighted by atomic mass is 35.5. The number of benzene rings is 1. The number of aryl methyl sites for hydroxylation is 1. The Kier molecular flexibility index (Phi) is 25.8. The van der Waals surface area contributed by atoms with Crippen LogP contribution < -0.4 is 27.0 Å². The summed E-state index contributed by atoms with van der Waals surface area (Å²) in [5.74, 6) is -2.54. The van der Waals surface area contributed by atoms with Crippen molar-refractivity contribution >= 4 is 54.7 Å². The lowest BCUT2D eigenvalue weighted by molar-refractivity contribution is -0.142. The van der Waals surface area contributed by atoms with Gasteiger partial charge in [-0.3, -0.25) is 19.2 Å². The minimum Gasteiger partial charge on any atom is -0.480 e. The van der Waals surface area contributed by atoms with Crippen molar-refractivity contribution < 1.29 is 52.8 Å². The van der Waals surface area contributed by atoms with E-state index in [4.69, 9.17) is 36.3 Å². The van der Waals surface area contributed by atoms with Crippen LogP contribution in [0.2, 0.25) is 5.02 Å². The maximum Gasteiger partial charge on any atom is 0.326 e. The Morgan fingerprint density at radius 1 is 0.686 bits per heavy atom. The minimum atomic E-state index is -1.21. The maximum atomic E-state index is 12.2. The molecule has 0 unspecified atom stereocenters. The number of carboxylic acid groups (broad SMARTS) is 1. The van der Waals surface area contributed by atoms with E-state index in [0.29, 0.717) is 30.8 Å². The first-order chi connectivity index (χ1) is 24.5. The van der Waals surface area contributed by atoms with Crippen LogP contribution in [0, 0.1) is 0 Å². The monoisotopic (exact) mass is 741 g/mol. The number of hydrogen-bond acceptors (Lipinski definition) is 11. The van der Waals surface area contributed by atoms with Gasteiger partial charge in [-0.15, -0.1) is 0 Å². The van der Waals surface area contributed by atoms with Crippen molar-refractivity contribution in [1.82, 2.24) is 21.3 Å². The zero-order chi connectivity index (χ0) is 37.7. The van der Waals surface area contributed by atoms with E-state index in [1.807, 2.05) is 12.1 Å². The van der Waals surface area contributed by atoms with Crippen LogP contribution in [0.3, 0.4) is 0 Å². The Morgan fingerprint density at radius 2 is 1.24 bits per heavy atom.